The molecule has 0 saturated heterocycles. The van der Waals surface area contributed by atoms with Crippen LogP contribution in [0, 0.1) is 0 Å². The van der Waals surface area contributed by atoms with Crippen LogP contribution in [-0.2, 0) is 11.3 Å². The van der Waals surface area contributed by atoms with E-state index in [1.165, 1.54) is 0 Å². The Bertz CT molecular complexity index is 797. The van der Waals surface area contributed by atoms with Crippen LogP contribution in [0.4, 0.5) is 5.69 Å². The Balaban J connectivity index is 1.64. The van der Waals surface area contributed by atoms with Crippen molar-refractivity contribution in [3.05, 3.63) is 52.5 Å². The van der Waals surface area contributed by atoms with Crippen molar-refractivity contribution < 1.29 is 14.1 Å². The molecule has 2 aromatic heterocycles. The van der Waals surface area contributed by atoms with Gasteiger partial charge in [0, 0.05) is 30.7 Å². The molecule has 7 heteroatoms. The van der Waals surface area contributed by atoms with E-state index in [4.69, 9.17) is 9.26 Å². The fourth-order valence-electron chi connectivity index (χ4n) is 1.94. The SMILES string of the molecule is CN(C)c1cccc(C(=O)OCc2nc(-c3ccsc3)no2)c1. The number of rotatable bonds is 5. The lowest BCUT2D eigenvalue weighted by Gasteiger charge is -2.12. The number of carbonyl (C=O) groups excluding carboxylic acids is 1. The number of carbonyl (C=O) groups is 1. The zero-order valence-corrected chi connectivity index (χ0v) is 13.5. The average Bonchev–Trinajstić information content (AvgIpc) is 3.23. The quantitative estimate of drug-likeness (QED) is 0.670. The fraction of sp³-hybridized carbons (Fsp3) is 0.188. The predicted octanol–water partition coefficient (Wildman–Crippen LogP) is 3.22. The third kappa shape index (κ3) is 3.57. The van der Waals surface area contributed by atoms with Gasteiger partial charge >= 0.3 is 5.97 Å². The summed E-state index contributed by atoms with van der Waals surface area (Å²) in [5.74, 6) is 0.333. The number of anilines is 1. The van der Waals surface area contributed by atoms with Crippen LogP contribution >= 0.6 is 11.3 Å². The van der Waals surface area contributed by atoms with Gasteiger partial charge in [-0.3, -0.25) is 0 Å². The second-order valence-electron chi connectivity index (χ2n) is 5.04. The van der Waals surface area contributed by atoms with Gasteiger partial charge in [0.1, 0.15) is 0 Å². The van der Waals surface area contributed by atoms with Crippen molar-refractivity contribution in [3.8, 4) is 11.4 Å². The summed E-state index contributed by atoms with van der Waals surface area (Å²) in [6.45, 7) is -0.0534. The first-order valence-electron chi connectivity index (χ1n) is 6.93. The summed E-state index contributed by atoms with van der Waals surface area (Å²) < 4.78 is 10.3. The lowest BCUT2D eigenvalue weighted by Crippen LogP contribution is -2.11. The van der Waals surface area contributed by atoms with Gasteiger partial charge in [0.05, 0.1) is 5.56 Å². The molecule has 0 saturated carbocycles. The summed E-state index contributed by atoms with van der Waals surface area (Å²) in [7, 11) is 3.82. The van der Waals surface area contributed by atoms with E-state index in [0.717, 1.165) is 11.3 Å². The lowest BCUT2D eigenvalue weighted by molar-refractivity contribution is 0.0430. The summed E-state index contributed by atoms with van der Waals surface area (Å²) in [5, 5.41) is 7.73. The number of hydrogen-bond acceptors (Lipinski definition) is 7. The zero-order chi connectivity index (χ0) is 16.2. The summed E-state index contributed by atoms with van der Waals surface area (Å²) in [6, 6.07) is 9.11. The Morgan fingerprint density at radius 2 is 2.22 bits per heavy atom. The second-order valence-corrected chi connectivity index (χ2v) is 5.82. The maximum absolute atomic E-state index is 12.1. The molecule has 6 nitrogen and oxygen atoms in total. The van der Waals surface area contributed by atoms with Crippen molar-refractivity contribution in [3.63, 3.8) is 0 Å². The van der Waals surface area contributed by atoms with Crippen LogP contribution in [0.2, 0.25) is 0 Å². The van der Waals surface area contributed by atoms with Gasteiger partial charge in [0.15, 0.2) is 6.61 Å². The summed E-state index contributed by atoms with van der Waals surface area (Å²) in [4.78, 5) is 18.2. The lowest BCUT2D eigenvalue weighted by atomic mass is 10.2. The number of esters is 1. The molecular weight excluding hydrogens is 314 g/mol. The Hall–Kier alpha value is -2.67. The number of nitrogens with zero attached hydrogens (tertiary/aromatic N) is 3. The van der Waals surface area contributed by atoms with Crippen molar-refractivity contribution in [1.29, 1.82) is 0 Å². The molecule has 0 atom stereocenters. The molecule has 23 heavy (non-hydrogen) atoms. The van der Waals surface area contributed by atoms with Crippen molar-refractivity contribution in [2.45, 2.75) is 6.61 Å². The molecule has 1 aromatic carbocycles. The number of benzene rings is 1. The molecule has 0 radical (unpaired) electrons. The monoisotopic (exact) mass is 329 g/mol. The van der Waals surface area contributed by atoms with Crippen LogP contribution in [0.1, 0.15) is 16.2 Å². The Morgan fingerprint density at radius 3 is 2.96 bits per heavy atom. The van der Waals surface area contributed by atoms with Gasteiger partial charge < -0.3 is 14.2 Å². The third-order valence-electron chi connectivity index (χ3n) is 3.17. The zero-order valence-electron chi connectivity index (χ0n) is 12.7. The number of thiophene rings is 1. The van der Waals surface area contributed by atoms with Gasteiger partial charge in [-0.25, -0.2) is 4.79 Å². The van der Waals surface area contributed by atoms with Crippen molar-refractivity contribution in [2.75, 3.05) is 19.0 Å². The normalized spacial score (nSPS) is 10.5. The molecular formula is C16H15N3O3S. The minimum Gasteiger partial charge on any atom is -0.452 e. The maximum atomic E-state index is 12.1. The maximum Gasteiger partial charge on any atom is 0.338 e. The van der Waals surface area contributed by atoms with Gasteiger partial charge in [0.2, 0.25) is 5.82 Å². The third-order valence-corrected chi connectivity index (χ3v) is 3.86. The summed E-state index contributed by atoms with van der Waals surface area (Å²) in [6.07, 6.45) is 0. The molecule has 0 aliphatic rings. The molecule has 0 bridgehead atoms. The molecule has 3 rings (SSSR count). The molecule has 0 aliphatic carbocycles. The van der Waals surface area contributed by atoms with E-state index in [9.17, 15) is 4.79 Å². The Kier molecular flexibility index (Phi) is 4.38. The topological polar surface area (TPSA) is 68.5 Å². The first-order chi connectivity index (χ1) is 11.1. The van der Waals surface area contributed by atoms with Crippen LogP contribution in [0.5, 0.6) is 0 Å². The highest BCUT2D eigenvalue weighted by Gasteiger charge is 2.13. The largest absolute Gasteiger partial charge is 0.452 e. The van der Waals surface area contributed by atoms with E-state index in [2.05, 4.69) is 10.1 Å². The molecule has 0 aliphatic heterocycles. The second kappa shape index (κ2) is 6.62. The summed E-state index contributed by atoms with van der Waals surface area (Å²) >= 11 is 1.55. The first-order valence-corrected chi connectivity index (χ1v) is 7.87. The molecule has 0 unspecified atom stereocenters. The highest BCUT2D eigenvalue weighted by molar-refractivity contribution is 7.08. The van der Waals surface area contributed by atoms with E-state index >= 15 is 0 Å². The molecule has 0 spiro atoms. The highest BCUT2D eigenvalue weighted by Crippen LogP contribution is 2.19. The van der Waals surface area contributed by atoms with E-state index < -0.39 is 5.97 Å². The van der Waals surface area contributed by atoms with Crippen molar-refractivity contribution in [2.24, 2.45) is 0 Å². The van der Waals surface area contributed by atoms with Crippen LogP contribution in [0.15, 0.2) is 45.6 Å². The standard InChI is InChI=1S/C16H15N3O3S/c1-19(2)13-5-3-4-11(8-13)16(20)21-9-14-17-15(18-22-14)12-6-7-23-10-12/h3-8,10H,9H2,1-2H3. The van der Waals surface area contributed by atoms with E-state index in [1.54, 1.807) is 23.5 Å². The van der Waals surface area contributed by atoms with Crippen molar-refractivity contribution >= 4 is 23.0 Å². The smallest absolute Gasteiger partial charge is 0.338 e. The van der Waals surface area contributed by atoms with E-state index in [-0.39, 0.29) is 12.5 Å². The van der Waals surface area contributed by atoms with Crippen LogP contribution in [0.3, 0.4) is 0 Å². The highest BCUT2D eigenvalue weighted by atomic mass is 32.1. The van der Waals surface area contributed by atoms with Gasteiger partial charge in [-0.05, 0) is 29.6 Å². The van der Waals surface area contributed by atoms with Crippen LogP contribution in [0.25, 0.3) is 11.4 Å². The molecule has 118 valence electrons. The van der Waals surface area contributed by atoms with Gasteiger partial charge in [-0.1, -0.05) is 11.2 Å². The van der Waals surface area contributed by atoms with Gasteiger partial charge in [0.25, 0.3) is 5.89 Å². The Morgan fingerprint density at radius 1 is 1.35 bits per heavy atom. The van der Waals surface area contributed by atoms with Gasteiger partial charge in [-0.2, -0.15) is 16.3 Å². The summed E-state index contributed by atoms with van der Waals surface area (Å²) in [5.41, 5.74) is 2.29. The molecule has 3 aromatic rings. The molecule has 0 N–H and O–H groups in total. The molecule has 0 fully saturated rings. The first kappa shape index (κ1) is 15.2. The average molecular weight is 329 g/mol. The van der Waals surface area contributed by atoms with E-state index in [0.29, 0.717) is 11.4 Å². The van der Waals surface area contributed by atoms with Crippen molar-refractivity contribution in [1.82, 2.24) is 10.1 Å². The minimum atomic E-state index is -0.427. The predicted molar refractivity (Wildman–Crippen MR) is 87.5 cm³/mol. The van der Waals surface area contributed by atoms with Crippen LogP contribution < -0.4 is 4.90 Å². The van der Waals surface area contributed by atoms with E-state index in [1.807, 2.05) is 48.0 Å². The Labute approximate surface area is 137 Å². The van der Waals surface area contributed by atoms with Gasteiger partial charge in [-0.15, -0.1) is 0 Å². The number of hydrogen-bond donors (Lipinski definition) is 0. The molecule has 0 amide bonds. The molecule has 2 heterocycles. The fourth-order valence-corrected chi connectivity index (χ4v) is 2.58. The number of ether oxygens (including phenoxy) is 1. The minimum absolute atomic E-state index is 0.0534. The van der Waals surface area contributed by atoms with Crippen LogP contribution in [-0.4, -0.2) is 30.2 Å². The number of aromatic nitrogens is 2.